The van der Waals surface area contributed by atoms with Crippen LogP contribution in [0.15, 0.2) is 0 Å². The van der Waals surface area contributed by atoms with E-state index in [1.807, 2.05) is 0 Å². The van der Waals surface area contributed by atoms with Crippen LogP contribution < -0.4 is 11.1 Å². The molecule has 1 amide bonds. The number of ether oxygens (including phenoxy) is 1. The van der Waals surface area contributed by atoms with Crippen LogP contribution in [0.5, 0.6) is 0 Å². The number of esters is 1. The number of carbonyl (C=O) groups excluding carboxylic acids is 2. The van der Waals surface area contributed by atoms with Crippen LogP contribution in [-0.4, -0.2) is 30.6 Å². The lowest BCUT2D eigenvalue weighted by Gasteiger charge is -2.24. The number of amides is 1. The van der Waals surface area contributed by atoms with Crippen molar-refractivity contribution in [1.29, 1.82) is 0 Å². The summed E-state index contributed by atoms with van der Waals surface area (Å²) in [5, 5.41) is 2.88. The monoisotopic (exact) mass is 240 g/mol. The zero-order chi connectivity index (χ0) is 12.4. The van der Waals surface area contributed by atoms with Crippen LogP contribution in [0, 0.1) is 11.8 Å². The predicted octanol–water partition coefficient (Wildman–Crippen LogP) is 0.182. The van der Waals surface area contributed by atoms with Gasteiger partial charge in [0.05, 0.1) is 6.61 Å². The minimum absolute atomic E-state index is 0.210. The molecule has 0 aromatic carbocycles. The summed E-state index contributed by atoms with van der Waals surface area (Å²) in [5.74, 6) is 0.289. The Kier molecular flexibility index (Phi) is 3.66. The minimum Gasteiger partial charge on any atom is -0.464 e. The lowest BCUT2D eigenvalue weighted by Crippen LogP contribution is -2.51. The maximum absolute atomic E-state index is 11.8. The van der Waals surface area contributed by atoms with Crippen molar-refractivity contribution < 1.29 is 14.3 Å². The molecule has 3 N–H and O–H groups in total. The lowest BCUT2D eigenvalue weighted by molar-refractivity contribution is -0.148. The Balaban J connectivity index is 1.82. The second kappa shape index (κ2) is 5.04. The van der Waals surface area contributed by atoms with E-state index in [1.165, 1.54) is 19.3 Å². The Morgan fingerprint density at radius 3 is 2.71 bits per heavy atom. The highest BCUT2D eigenvalue weighted by Crippen LogP contribution is 2.44. The van der Waals surface area contributed by atoms with Crippen molar-refractivity contribution >= 4 is 11.9 Å². The van der Waals surface area contributed by atoms with Crippen molar-refractivity contribution in [2.75, 3.05) is 6.61 Å². The summed E-state index contributed by atoms with van der Waals surface area (Å²) in [4.78, 5) is 23.1. The fraction of sp³-hybridized carbons (Fsp3) is 0.833. The molecule has 5 heteroatoms. The van der Waals surface area contributed by atoms with Crippen molar-refractivity contribution in [3.05, 3.63) is 0 Å². The summed E-state index contributed by atoms with van der Waals surface area (Å²) >= 11 is 0. The van der Waals surface area contributed by atoms with Crippen molar-refractivity contribution in [1.82, 2.24) is 5.32 Å². The normalized spacial score (nSPS) is 32.2. The number of fused-ring (bicyclic) bond motifs is 2. The molecule has 5 nitrogen and oxygen atoms in total. The summed E-state index contributed by atoms with van der Waals surface area (Å²) < 4.78 is 4.73. The second-order valence-electron chi connectivity index (χ2n) is 5.02. The van der Waals surface area contributed by atoms with E-state index in [-0.39, 0.29) is 12.6 Å². The second-order valence-corrected chi connectivity index (χ2v) is 5.02. The topological polar surface area (TPSA) is 81.4 Å². The molecule has 2 aliphatic rings. The highest BCUT2D eigenvalue weighted by Gasteiger charge is 2.41. The van der Waals surface area contributed by atoms with Crippen molar-refractivity contribution in [3.8, 4) is 0 Å². The van der Waals surface area contributed by atoms with Gasteiger partial charge < -0.3 is 15.8 Å². The summed E-state index contributed by atoms with van der Waals surface area (Å²) in [6.45, 7) is 1.94. The molecule has 0 aliphatic heterocycles. The number of rotatable bonds is 4. The van der Waals surface area contributed by atoms with Gasteiger partial charge in [0.2, 0.25) is 5.91 Å². The van der Waals surface area contributed by atoms with Gasteiger partial charge in [-0.05, 0) is 38.0 Å². The van der Waals surface area contributed by atoms with Crippen LogP contribution in [0.2, 0.25) is 0 Å². The van der Waals surface area contributed by atoms with Gasteiger partial charge in [0.25, 0.3) is 0 Å². The Morgan fingerprint density at radius 2 is 2.18 bits per heavy atom. The lowest BCUT2D eigenvalue weighted by atomic mass is 9.95. The molecule has 0 aromatic rings. The van der Waals surface area contributed by atoms with Crippen LogP contribution in [0.4, 0.5) is 0 Å². The predicted molar refractivity (Wildman–Crippen MR) is 62.0 cm³/mol. The largest absolute Gasteiger partial charge is 0.464 e. The third kappa shape index (κ3) is 2.60. The average molecular weight is 240 g/mol. The number of hydrogen-bond donors (Lipinski definition) is 2. The van der Waals surface area contributed by atoms with E-state index >= 15 is 0 Å². The number of carbonyl (C=O) groups is 2. The highest BCUT2D eigenvalue weighted by atomic mass is 16.5. The summed E-state index contributed by atoms with van der Waals surface area (Å²) in [7, 11) is 0. The molecule has 2 fully saturated rings. The van der Waals surface area contributed by atoms with E-state index in [9.17, 15) is 9.59 Å². The van der Waals surface area contributed by atoms with E-state index in [2.05, 4.69) is 5.32 Å². The van der Waals surface area contributed by atoms with Crippen LogP contribution in [-0.2, 0) is 14.3 Å². The molecule has 0 radical (unpaired) electrons. The first-order valence-corrected chi connectivity index (χ1v) is 6.34. The van der Waals surface area contributed by atoms with Crippen molar-refractivity contribution in [2.45, 2.75) is 44.7 Å². The first-order valence-electron chi connectivity index (χ1n) is 6.34. The quantitative estimate of drug-likeness (QED) is 0.542. The molecule has 96 valence electrons. The molecule has 2 saturated carbocycles. The van der Waals surface area contributed by atoms with Crippen LogP contribution in [0.3, 0.4) is 0 Å². The number of hydrogen-bond acceptors (Lipinski definition) is 4. The minimum atomic E-state index is -1.19. The molecular weight excluding hydrogens is 220 g/mol. The van der Waals surface area contributed by atoms with Gasteiger partial charge in [0, 0.05) is 6.04 Å². The van der Waals surface area contributed by atoms with Gasteiger partial charge in [-0.1, -0.05) is 6.42 Å². The van der Waals surface area contributed by atoms with E-state index in [0.717, 1.165) is 12.3 Å². The molecule has 4 atom stereocenters. The molecule has 0 aromatic heterocycles. The Labute approximate surface area is 101 Å². The standard InChI is InChI=1S/C12H20N2O3/c1-2-17-12(16)10(13)11(15)14-9-6-7-3-4-8(9)5-7/h7-10H,2-6,13H2,1H3,(H,14,15). The van der Waals surface area contributed by atoms with E-state index < -0.39 is 17.9 Å². The summed E-state index contributed by atoms with van der Waals surface area (Å²) in [5.41, 5.74) is 5.54. The van der Waals surface area contributed by atoms with Crippen LogP contribution in [0.25, 0.3) is 0 Å². The smallest absolute Gasteiger partial charge is 0.332 e. The third-order valence-electron chi connectivity index (χ3n) is 3.89. The molecule has 0 spiro atoms. The Bertz CT molecular complexity index is 319. The average Bonchev–Trinajstić information content (AvgIpc) is 2.90. The Morgan fingerprint density at radius 1 is 1.41 bits per heavy atom. The Hall–Kier alpha value is -1.10. The fourth-order valence-electron chi connectivity index (χ4n) is 3.03. The molecule has 2 rings (SSSR count). The molecule has 0 heterocycles. The zero-order valence-corrected chi connectivity index (χ0v) is 10.1. The molecule has 2 aliphatic carbocycles. The number of nitrogens with two attached hydrogens (primary N) is 1. The zero-order valence-electron chi connectivity index (χ0n) is 10.1. The van der Waals surface area contributed by atoms with E-state index in [0.29, 0.717) is 5.92 Å². The van der Waals surface area contributed by atoms with Crippen molar-refractivity contribution in [3.63, 3.8) is 0 Å². The first-order chi connectivity index (χ1) is 8.11. The van der Waals surface area contributed by atoms with E-state index in [1.54, 1.807) is 6.92 Å². The van der Waals surface area contributed by atoms with Gasteiger partial charge in [-0.2, -0.15) is 0 Å². The van der Waals surface area contributed by atoms with Gasteiger partial charge in [-0.15, -0.1) is 0 Å². The summed E-state index contributed by atoms with van der Waals surface area (Å²) in [6.07, 6.45) is 4.71. The third-order valence-corrected chi connectivity index (χ3v) is 3.89. The van der Waals surface area contributed by atoms with E-state index in [4.69, 9.17) is 10.5 Å². The molecule has 0 saturated heterocycles. The maximum Gasteiger partial charge on any atom is 0.332 e. The SMILES string of the molecule is CCOC(=O)C(N)C(=O)NC1CC2CCC1C2. The van der Waals surface area contributed by atoms with Crippen LogP contribution in [0.1, 0.15) is 32.6 Å². The van der Waals surface area contributed by atoms with Gasteiger partial charge >= 0.3 is 5.97 Å². The molecular formula is C12H20N2O3. The van der Waals surface area contributed by atoms with Gasteiger partial charge in [-0.3, -0.25) is 4.79 Å². The number of nitrogens with one attached hydrogen (secondary N) is 1. The fourth-order valence-corrected chi connectivity index (χ4v) is 3.03. The summed E-state index contributed by atoms with van der Waals surface area (Å²) in [6, 6.07) is -0.976. The molecule has 4 unspecified atom stereocenters. The van der Waals surface area contributed by atoms with Gasteiger partial charge in [0.1, 0.15) is 0 Å². The molecule has 17 heavy (non-hydrogen) atoms. The highest BCUT2D eigenvalue weighted by molar-refractivity contribution is 6.01. The first kappa shape index (κ1) is 12.4. The maximum atomic E-state index is 11.8. The van der Waals surface area contributed by atoms with Gasteiger partial charge in [0.15, 0.2) is 6.04 Å². The molecule has 2 bridgehead atoms. The van der Waals surface area contributed by atoms with Crippen LogP contribution >= 0.6 is 0 Å². The van der Waals surface area contributed by atoms with Gasteiger partial charge in [-0.25, -0.2) is 4.79 Å². The van der Waals surface area contributed by atoms with Crippen molar-refractivity contribution in [2.24, 2.45) is 17.6 Å².